The van der Waals surface area contributed by atoms with E-state index < -0.39 is 6.10 Å². The highest BCUT2D eigenvalue weighted by molar-refractivity contribution is 6.30. The predicted octanol–water partition coefficient (Wildman–Crippen LogP) is 2.81. The second-order valence-corrected chi connectivity index (χ2v) is 6.20. The van der Waals surface area contributed by atoms with E-state index in [-0.39, 0.29) is 18.2 Å². The molecule has 2 rings (SSSR count). The highest BCUT2D eigenvalue weighted by atomic mass is 35.5. The molecule has 0 radical (unpaired) electrons. The lowest BCUT2D eigenvalue weighted by atomic mass is 10.3. The van der Waals surface area contributed by atoms with Crippen molar-refractivity contribution >= 4 is 23.4 Å². The molecular weight excluding hydrogens is 368 g/mol. The van der Waals surface area contributed by atoms with Crippen LogP contribution in [0.3, 0.4) is 0 Å². The number of hydrogen-bond acceptors (Lipinski definition) is 4. The van der Waals surface area contributed by atoms with E-state index in [2.05, 4.69) is 10.6 Å². The summed E-state index contributed by atoms with van der Waals surface area (Å²) in [4.78, 5) is 23.7. The van der Waals surface area contributed by atoms with Crippen LogP contribution in [0, 0.1) is 0 Å². The van der Waals surface area contributed by atoms with Gasteiger partial charge in [0.15, 0.2) is 6.10 Å². The Hall–Kier alpha value is -2.73. The smallest absolute Gasteiger partial charge is 0.260 e. The Kier molecular flexibility index (Phi) is 8.45. The first-order valence-electron chi connectivity index (χ1n) is 8.69. The van der Waals surface area contributed by atoms with Crippen molar-refractivity contribution in [3.05, 3.63) is 59.6 Å². The van der Waals surface area contributed by atoms with Gasteiger partial charge in [-0.05, 0) is 43.3 Å². The highest BCUT2D eigenvalue weighted by Crippen LogP contribution is 2.16. The van der Waals surface area contributed by atoms with Crippen molar-refractivity contribution in [3.63, 3.8) is 0 Å². The van der Waals surface area contributed by atoms with Gasteiger partial charge in [0.2, 0.25) is 5.91 Å². The lowest BCUT2D eigenvalue weighted by Gasteiger charge is -2.15. The summed E-state index contributed by atoms with van der Waals surface area (Å²) in [5, 5.41) is 6.05. The number of halogens is 1. The van der Waals surface area contributed by atoms with Crippen LogP contribution in [0.1, 0.15) is 13.3 Å². The van der Waals surface area contributed by atoms with Gasteiger partial charge < -0.3 is 20.1 Å². The van der Waals surface area contributed by atoms with Crippen LogP contribution in [0.15, 0.2) is 54.6 Å². The number of amides is 2. The molecule has 0 heterocycles. The lowest BCUT2D eigenvalue weighted by molar-refractivity contribution is -0.127. The molecule has 2 N–H and O–H groups in total. The van der Waals surface area contributed by atoms with E-state index in [1.807, 2.05) is 30.3 Å². The van der Waals surface area contributed by atoms with Gasteiger partial charge in [-0.2, -0.15) is 0 Å². The van der Waals surface area contributed by atoms with Crippen LogP contribution in [0.4, 0.5) is 0 Å². The van der Waals surface area contributed by atoms with E-state index >= 15 is 0 Å². The maximum Gasteiger partial charge on any atom is 0.260 e. The molecule has 27 heavy (non-hydrogen) atoms. The van der Waals surface area contributed by atoms with Crippen molar-refractivity contribution in [2.24, 2.45) is 0 Å². The van der Waals surface area contributed by atoms with Crippen LogP contribution in [0.5, 0.6) is 11.5 Å². The van der Waals surface area contributed by atoms with Crippen LogP contribution in [0.25, 0.3) is 0 Å². The molecule has 1 unspecified atom stereocenters. The normalized spacial score (nSPS) is 11.3. The summed E-state index contributed by atoms with van der Waals surface area (Å²) < 4.78 is 11.0. The van der Waals surface area contributed by atoms with Gasteiger partial charge in [-0.15, -0.1) is 0 Å². The number of hydrogen-bond donors (Lipinski definition) is 2. The molecule has 7 heteroatoms. The molecule has 6 nitrogen and oxygen atoms in total. The van der Waals surface area contributed by atoms with Gasteiger partial charge in [0.25, 0.3) is 5.91 Å². The van der Waals surface area contributed by atoms with Gasteiger partial charge in [-0.25, -0.2) is 0 Å². The molecule has 0 aromatic heterocycles. The topological polar surface area (TPSA) is 76.7 Å². The molecule has 0 saturated carbocycles. The van der Waals surface area contributed by atoms with E-state index in [4.69, 9.17) is 21.1 Å². The van der Waals surface area contributed by atoms with E-state index in [1.165, 1.54) is 0 Å². The zero-order chi connectivity index (χ0) is 19.5. The number of rotatable bonds is 10. The summed E-state index contributed by atoms with van der Waals surface area (Å²) in [6, 6.07) is 16.1. The molecule has 0 aliphatic carbocycles. The van der Waals surface area contributed by atoms with Crippen molar-refractivity contribution in [1.29, 1.82) is 0 Å². The molecule has 0 aliphatic rings. The third-order valence-electron chi connectivity index (χ3n) is 3.58. The summed E-state index contributed by atoms with van der Waals surface area (Å²) in [5.41, 5.74) is 0. The first kappa shape index (κ1) is 20.6. The fourth-order valence-electron chi connectivity index (χ4n) is 2.17. The van der Waals surface area contributed by atoms with Gasteiger partial charge in [0.05, 0.1) is 13.0 Å². The molecule has 0 aliphatic heterocycles. The van der Waals surface area contributed by atoms with E-state index in [1.54, 1.807) is 31.2 Å². The highest BCUT2D eigenvalue weighted by Gasteiger charge is 2.14. The number of carbonyl (C=O) groups excluding carboxylic acids is 2. The molecule has 0 spiro atoms. The molecule has 2 aromatic rings. The van der Waals surface area contributed by atoms with Crippen molar-refractivity contribution in [2.45, 2.75) is 19.4 Å². The minimum atomic E-state index is -0.652. The summed E-state index contributed by atoms with van der Waals surface area (Å²) in [5.74, 6) is 0.901. The quantitative estimate of drug-likeness (QED) is 0.611. The van der Waals surface area contributed by atoms with Crippen molar-refractivity contribution in [1.82, 2.24) is 10.6 Å². The standard InChI is InChI=1S/C20H23ClN2O4/c1-15(27-18-9-7-16(21)8-10-18)20(25)23-13-12-22-19(24)11-14-26-17-5-3-2-4-6-17/h2-10,15H,11-14H2,1H3,(H,22,24)(H,23,25). The third kappa shape index (κ3) is 8.00. The lowest BCUT2D eigenvalue weighted by Crippen LogP contribution is -2.40. The Morgan fingerprint density at radius 3 is 2.33 bits per heavy atom. The zero-order valence-electron chi connectivity index (χ0n) is 15.1. The largest absolute Gasteiger partial charge is 0.493 e. The van der Waals surface area contributed by atoms with Crippen molar-refractivity contribution in [2.75, 3.05) is 19.7 Å². The number of ether oxygens (including phenoxy) is 2. The number of nitrogens with one attached hydrogen (secondary N) is 2. The molecular formula is C20H23ClN2O4. The Morgan fingerprint density at radius 1 is 0.963 bits per heavy atom. The van der Waals surface area contributed by atoms with Crippen LogP contribution in [0.2, 0.25) is 5.02 Å². The molecule has 0 bridgehead atoms. The number of carbonyl (C=O) groups is 2. The predicted molar refractivity (Wildman–Crippen MR) is 104 cm³/mol. The fourth-order valence-corrected chi connectivity index (χ4v) is 2.29. The van der Waals surface area contributed by atoms with Crippen LogP contribution < -0.4 is 20.1 Å². The second kappa shape index (κ2) is 11.1. The monoisotopic (exact) mass is 390 g/mol. The summed E-state index contributed by atoms with van der Waals surface area (Å²) >= 11 is 5.81. The fraction of sp³-hybridized carbons (Fsp3) is 0.300. The van der Waals surface area contributed by atoms with Gasteiger partial charge in [0, 0.05) is 18.1 Å². The summed E-state index contributed by atoms with van der Waals surface area (Å²) in [7, 11) is 0. The van der Waals surface area contributed by atoms with Gasteiger partial charge in [-0.1, -0.05) is 29.8 Å². The van der Waals surface area contributed by atoms with Crippen molar-refractivity contribution in [3.8, 4) is 11.5 Å². The average Bonchev–Trinajstić information content (AvgIpc) is 2.67. The minimum Gasteiger partial charge on any atom is -0.493 e. The summed E-state index contributed by atoms with van der Waals surface area (Å²) in [6.07, 6.45) is -0.403. The maximum absolute atomic E-state index is 12.0. The Bertz CT molecular complexity index is 723. The summed E-state index contributed by atoms with van der Waals surface area (Å²) in [6.45, 7) is 2.61. The van der Waals surface area contributed by atoms with Crippen LogP contribution >= 0.6 is 11.6 Å². The molecule has 0 saturated heterocycles. The first-order chi connectivity index (χ1) is 13.0. The van der Waals surface area contributed by atoms with Crippen LogP contribution in [-0.2, 0) is 9.59 Å². The van der Waals surface area contributed by atoms with Gasteiger partial charge in [-0.3, -0.25) is 9.59 Å². The zero-order valence-corrected chi connectivity index (χ0v) is 15.9. The Morgan fingerprint density at radius 2 is 1.63 bits per heavy atom. The van der Waals surface area contributed by atoms with Crippen LogP contribution in [-0.4, -0.2) is 37.6 Å². The average molecular weight is 391 g/mol. The van der Waals surface area contributed by atoms with Gasteiger partial charge in [0.1, 0.15) is 11.5 Å². The molecule has 2 aromatic carbocycles. The minimum absolute atomic E-state index is 0.134. The molecule has 144 valence electrons. The number of benzene rings is 2. The Labute approximate surface area is 163 Å². The molecule has 1 atom stereocenters. The second-order valence-electron chi connectivity index (χ2n) is 5.77. The maximum atomic E-state index is 12.0. The van der Waals surface area contributed by atoms with Gasteiger partial charge >= 0.3 is 0 Å². The number of para-hydroxylation sites is 1. The molecule has 2 amide bonds. The first-order valence-corrected chi connectivity index (χ1v) is 9.07. The molecule has 0 fully saturated rings. The van der Waals surface area contributed by atoms with Crippen molar-refractivity contribution < 1.29 is 19.1 Å². The van der Waals surface area contributed by atoms with E-state index in [0.29, 0.717) is 30.5 Å². The van der Waals surface area contributed by atoms with E-state index in [9.17, 15) is 9.59 Å². The SMILES string of the molecule is CC(Oc1ccc(Cl)cc1)C(=O)NCCNC(=O)CCOc1ccccc1. The Balaban J connectivity index is 1.56. The third-order valence-corrected chi connectivity index (χ3v) is 3.84. The van der Waals surface area contributed by atoms with E-state index in [0.717, 1.165) is 5.75 Å².